The summed E-state index contributed by atoms with van der Waals surface area (Å²) in [5.41, 5.74) is 1.63. The summed E-state index contributed by atoms with van der Waals surface area (Å²) >= 11 is 6.05. The normalized spacial score (nSPS) is 15.8. The maximum atomic E-state index is 12.6. The summed E-state index contributed by atoms with van der Waals surface area (Å²) in [5.74, 6) is 1.06. The number of hydrogen-bond donors (Lipinski definition) is 1. The highest BCUT2D eigenvalue weighted by Gasteiger charge is 2.18. The molecule has 6 heteroatoms. The number of rotatable bonds is 5. The van der Waals surface area contributed by atoms with E-state index in [4.69, 9.17) is 16.3 Å². The van der Waals surface area contributed by atoms with Crippen molar-refractivity contribution in [2.24, 2.45) is 0 Å². The van der Waals surface area contributed by atoms with E-state index in [1.54, 1.807) is 24.3 Å². The molecule has 1 aliphatic carbocycles. The molecule has 0 spiro atoms. The van der Waals surface area contributed by atoms with Gasteiger partial charge in [0.1, 0.15) is 5.75 Å². The molecule has 2 aromatic carbocycles. The Morgan fingerprint density at radius 3 is 2.32 bits per heavy atom. The lowest BCUT2D eigenvalue weighted by molar-refractivity contribution is 0.415. The molecule has 0 saturated heterocycles. The Bertz CT molecular complexity index is 828. The van der Waals surface area contributed by atoms with Gasteiger partial charge in [-0.05, 0) is 54.7 Å². The van der Waals surface area contributed by atoms with Crippen LogP contribution in [0, 0.1) is 0 Å². The molecule has 0 amide bonds. The molecular formula is C19H22ClNO3S. The number of halogens is 1. The Balaban J connectivity index is 1.76. The van der Waals surface area contributed by atoms with Gasteiger partial charge in [-0.3, -0.25) is 4.72 Å². The topological polar surface area (TPSA) is 55.4 Å². The summed E-state index contributed by atoms with van der Waals surface area (Å²) in [6, 6.07) is 12.0. The largest absolute Gasteiger partial charge is 0.495 e. The predicted octanol–water partition coefficient (Wildman–Crippen LogP) is 5.20. The van der Waals surface area contributed by atoms with Crippen molar-refractivity contribution in [2.75, 3.05) is 11.8 Å². The van der Waals surface area contributed by atoms with Crippen LogP contribution in [0.25, 0.3) is 0 Å². The van der Waals surface area contributed by atoms with Crippen LogP contribution in [-0.4, -0.2) is 15.5 Å². The van der Waals surface area contributed by atoms with Gasteiger partial charge in [-0.25, -0.2) is 8.42 Å². The lowest BCUT2D eigenvalue weighted by atomic mass is 9.84. The lowest BCUT2D eigenvalue weighted by Crippen LogP contribution is -2.13. The number of methoxy groups -OCH3 is 1. The summed E-state index contributed by atoms with van der Waals surface area (Å²) in [4.78, 5) is 0.249. The van der Waals surface area contributed by atoms with Gasteiger partial charge in [-0.2, -0.15) is 0 Å². The molecule has 134 valence electrons. The zero-order chi connectivity index (χ0) is 17.9. The zero-order valence-electron chi connectivity index (χ0n) is 14.2. The number of anilines is 1. The maximum absolute atomic E-state index is 12.6. The van der Waals surface area contributed by atoms with Gasteiger partial charge in [0, 0.05) is 0 Å². The first-order chi connectivity index (χ1) is 12.0. The third kappa shape index (κ3) is 4.28. The second kappa shape index (κ2) is 7.67. The molecule has 0 unspecified atom stereocenters. The molecule has 4 nitrogen and oxygen atoms in total. The van der Waals surface area contributed by atoms with E-state index in [0.717, 1.165) is 0 Å². The van der Waals surface area contributed by atoms with Crippen molar-refractivity contribution in [3.63, 3.8) is 0 Å². The van der Waals surface area contributed by atoms with Crippen LogP contribution in [0.15, 0.2) is 47.4 Å². The summed E-state index contributed by atoms with van der Waals surface area (Å²) < 4.78 is 32.8. The molecule has 0 radical (unpaired) electrons. The van der Waals surface area contributed by atoms with E-state index in [-0.39, 0.29) is 4.90 Å². The van der Waals surface area contributed by atoms with Gasteiger partial charge >= 0.3 is 0 Å². The standard InChI is InChI=1S/C19H22ClNO3S/c1-24-19-12-9-16(13-18(19)20)21-25(22,23)17-10-7-15(8-11-17)14-5-3-2-4-6-14/h7-14,21H,2-6H2,1H3. The molecule has 0 atom stereocenters. The number of hydrogen-bond acceptors (Lipinski definition) is 3. The van der Waals surface area contributed by atoms with Gasteiger partial charge in [-0.1, -0.05) is 43.0 Å². The zero-order valence-corrected chi connectivity index (χ0v) is 15.7. The number of benzene rings is 2. The van der Waals surface area contributed by atoms with Gasteiger partial charge in [0.2, 0.25) is 0 Å². The third-order valence-electron chi connectivity index (χ3n) is 4.67. The van der Waals surface area contributed by atoms with Crippen molar-refractivity contribution in [2.45, 2.75) is 42.9 Å². The Morgan fingerprint density at radius 1 is 1.04 bits per heavy atom. The maximum Gasteiger partial charge on any atom is 0.261 e. The molecule has 3 rings (SSSR count). The van der Waals surface area contributed by atoms with Crippen LogP contribution in [0.3, 0.4) is 0 Å². The average molecular weight is 380 g/mol. The summed E-state index contributed by atoms with van der Waals surface area (Å²) in [6.07, 6.45) is 6.19. The van der Waals surface area contributed by atoms with E-state index < -0.39 is 10.0 Å². The van der Waals surface area contributed by atoms with E-state index in [9.17, 15) is 8.42 Å². The van der Waals surface area contributed by atoms with Gasteiger partial charge in [0.05, 0.1) is 22.7 Å². The van der Waals surface area contributed by atoms with Crippen LogP contribution >= 0.6 is 11.6 Å². The number of ether oxygens (including phenoxy) is 1. The minimum atomic E-state index is -3.65. The lowest BCUT2D eigenvalue weighted by Gasteiger charge is -2.22. The van der Waals surface area contributed by atoms with Crippen LogP contribution < -0.4 is 9.46 Å². The van der Waals surface area contributed by atoms with E-state index >= 15 is 0 Å². The fourth-order valence-corrected chi connectivity index (χ4v) is 4.61. The predicted molar refractivity (Wildman–Crippen MR) is 101 cm³/mol. The van der Waals surface area contributed by atoms with Crippen LogP contribution in [0.2, 0.25) is 5.02 Å². The van der Waals surface area contributed by atoms with Crippen LogP contribution in [0.4, 0.5) is 5.69 Å². The minimum Gasteiger partial charge on any atom is -0.495 e. The summed E-state index contributed by atoms with van der Waals surface area (Å²) in [5, 5.41) is 0.357. The van der Waals surface area contributed by atoms with Crippen LogP contribution in [0.1, 0.15) is 43.6 Å². The van der Waals surface area contributed by atoms with Gasteiger partial charge < -0.3 is 4.74 Å². The van der Waals surface area contributed by atoms with Crippen LogP contribution in [0.5, 0.6) is 5.75 Å². The first kappa shape index (κ1) is 18.1. The Labute approximate surface area is 154 Å². The molecule has 1 N–H and O–H groups in total. The molecule has 2 aromatic rings. The van der Waals surface area contributed by atoms with Crippen molar-refractivity contribution in [1.82, 2.24) is 0 Å². The van der Waals surface area contributed by atoms with Crippen LogP contribution in [-0.2, 0) is 10.0 Å². The Kier molecular flexibility index (Phi) is 5.54. The molecule has 1 saturated carbocycles. The van der Waals surface area contributed by atoms with Crippen molar-refractivity contribution in [3.05, 3.63) is 53.1 Å². The van der Waals surface area contributed by atoms with Crippen molar-refractivity contribution in [1.29, 1.82) is 0 Å². The number of nitrogens with one attached hydrogen (secondary N) is 1. The van der Waals surface area contributed by atoms with Crippen molar-refractivity contribution in [3.8, 4) is 5.75 Å². The van der Waals surface area contributed by atoms with E-state index in [1.807, 2.05) is 12.1 Å². The molecule has 1 fully saturated rings. The SMILES string of the molecule is COc1ccc(NS(=O)(=O)c2ccc(C3CCCCC3)cc2)cc1Cl. The Hall–Kier alpha value is -1.72. The monoisotopic (exact) mass is 379 g/mol. The second-order valence-electron chi connectivity index (χ2n) is 6.36. The average Bonchev–Trinajstić information content (AvgIpc) is 2.62. The quantitative estimate of drug-likeness (QED) is 0.777. The first-order valence-corrected chi connectivity index (χ1v) is 10.3. The van der Waals surface area contributed by atoms with Gasteiger partial charge in [0.15, 0.2) is 0 Å². The van der Waals surface area contributed by atoms with Crippen molar-refractivity contribution >= 4 is 27.3 Å². The molecule has 0 aliphatic heterocycles. The molecular weight excluding hydrogens is 358 g/mol. The Morgan fingerprint density at radius 2 is 1.72 bits per heavy atom. The van der Waals surface area contributed by atoms with E-state index in [0.29, 0.717) is 22.4 Å². The second-order valence-corrected chi connectivity index (χ2v) is 8.45. The number of sulfonamides is 1. The minimum absolute atomic E-state index is 0.249. The fraction of sp³-hybridized carbons (Fsp3) is 0.368. The molecule has 1 aliphatic rings. The molecule has 0 heterocycles. The van der Waals surface area contributed by atoms with E-state index in [2.05, 4.69) is 4.72 Å². The highest BCUT2D eigenvalue weighted by atomic mass is 35.5. The van der Waals surface area contributed by atoms with Crippen molar-refractivity contribution < 1.29 is 13.2 Å². The smallest absolute Gasteiger partial charge is 0.261 e. The highest BCUT2D eigenvalue weighted by Crippen LogP contribution is 2.33. The summed E-state index contributed by atoms with van der Waals surface area (Å²) in [7, 11) is -2.13. The molecule has 25 heavy (non-hydrogen) atoms. The molecule has 0 bridgehead atoms. The fourth-order valence-electron chi connectivity index (χ4n) is 3.30. The first-order valence-electron chi connectivity index (χ1n) is 8.46. The van der Waals surface area contributed by atoms with E-state index in [1.165, 1.54) is 50.8 Å². The van der Waals surface area contributed by atoms with Gasteiger partial charge in [0.25, 0.3) is 10.0 Å². The highest BCUT2D eigenvalue weighted by molar-refractivity contribution is 7.92. The van der Waals surface area contributed by atoms with Gasteiger partial charge in [-0.15, -0.1) is 0 Å². The third-order valence-corrected chi connectivity index (χ3v) is 6.36. The summed E-state index contributed by atoms with van der Waals surface area (Å²) in [6.45, 7) is 0. The molecule has 0 aromatic heterocycles.